The van der Waals surface area contributed by atoms with E-state index in [9.17, 15) is 5.11 Å². The van der Waals surface area contributed by atoms with E-state index in [1.807, 2.05) is 55.6 Å². The van der Waals surface area contributed by atoms with Crippen molar-refractivity contribution in [3.63, 3.8) is 0 Å². The first-order valence-corrected chi connectivity index (χ1v) is 12.0. The number of benzene rings is 2. The number of hydrogen-bond donors (Lipinski definition) is 1. The molecule has 6 heteroatoms. The summed E-state index contributed by atoms with van der Waals surface area (Å²) in [5.74, 6) is 1.97. The molecule has 1 aromatic heterocycles. The van der Waals surface area contributed by atoms with Crippen LogP contribution in [0.1, 0.15) is 31.2 Å². The number of ether oxygens (including phenoxy) is 1. The summed E-state index contributed by atoms with van der Waals surface area (Å²) in [4.78, 5) is 2.34. The number of para-hydroxylation sites is 1. The molecule has 0 bridgehead atoms. The van der Waals surface area contributed by atoms with Gasteiger partial charge in [-0.15, -0.1) is 6.58 Å². The van der Waals surface area contributed by atoms with Crippen molar-refractivity contribution in [3.8, 4) is 22.9 Å². The summed E-state index contributed by atoms with van der Waals surface area (Å²) in [6, 6.07) is 17.6. The third kappa shape index (κ3) is 6.26. The number of aryl methyl sites for hydroxylation is 1. The van der Waals surface area contributed by atoms with Crippen LogP contribution in [0.15, 0.2) is 67.3 Å². The molecule has 174 valence electrons. The zero-order valence-electron chi connectivity index (χ0n) is 19.2. The van der Waals surface area contributed by atoms with E-state index in [4.69, 9.17) is 21.4 Å². The van der Waals surface area contributed by atoms with E-state index >= 15 is 0 Å². The van der Waals surface area contributed by atoms with Gasteiger partial charge in [-0.1, -0.05) is 60.1 Å². The first-order valence-electron chi connectivity index (χ1n) is 11.6. The Kier molecular flexibility index (Phi) is 7.86. The van der Waals surface area contributed by atoms with Gasteiger partial charge in [0.1, 0.15) is 11.4 Å². The highest BCUT2D eigenvalue weighted by Crippen LogP contribution is 2.37. The molecule has 1 atom stereocenters. The van der Waals surface area contributed by atoms with Crippen LogP contribution in [0.25, 0.3) is 11.3 Å². The van der Waals surface area contributed by atoms with Gasteiger partial charge in [-0.25, -0.2) is 4.68 Å². The van der Waals surface area contributed by atoms with E-state index in [1.54, 1.807) is 4.68 Å². The molecular formula is C27H32ClN3O2. The zero-order valence-corrected chi connectivity index (χ0v) is 19.9. The maximum Gasteiger partial charge on any atom is 0.222 e. The van der Waals surface area contributed by atoms with Crippen molar-refractivity contribution in [2.24, 2.45) is 13.0 Å². The molecule has 5 nitrogen and oxygen atoms in total. The van der Waals surface area contributed by atoms with Crippen LogP contribution in [0, 0.1) is 5.92 Å². The molecule has 1 N–H and O–H groups in total. The summed E-state index contributed by atoms with van der Waals surface area (Å²) in [6.07, 6.45) is 5.49. The molecule has 1 aliphatic rings. The van der Waals surface area contributed by atoms with Gasteiger partial charge < -0.3 is 9.84 Å². The molecular weight excluding hydrogens is 434 g/mol. The molecule has 1 saturated carbocycles. The molecule has 3 aromatic rings. The van der Waals surface area contributed by atoms with Crippen molar-refractivity contribution < 1.29 is 9.84 Å². The van der Waals surface area contributed by atoms with E-state index in [-0.39, 0.29) is 0 Å². The van der Waals surface area contributed by atoms with Crippen molar-refractivity contribution in [2.45, 2.75) is 38.3 Å². The Labute approximate surface area is 201 Å². The van der Waals surface area contributed by atoms with Gasteiger partial charge in [-0.05, 0) is 43.7 Å². The first-order chi connectivity index (χ1) is 16.0. The topological polar surface area (TPSA) is 50.5 Å². The zero-order chi connectivity index (χ0) is 23.2. The number of hydrogen-bond acceptors (Lipinski definition) is 4. The van der Waals surface area contributed by atoms with Crippen LogP contribution < -0.4 is 4.74 Å². The van der Waals surface area contributed by atoms with Gasteiger partial charge in [0.2, 0.25) is 5.88 Å². The van der Waals surface area contributed by atoms with Crippen molar-refractivity contribution in [3.05, 3.63) is 77.8 Å². The minimum atomic E-state index is -0.397. The molecule has 0 saturated heterocycles. The lowest BCUT2D eigenvalue weighted by Gasteiger charge is -2.25. The fourth-order valence-corrected chi connectivity index (χ4v) is 4.25. The van der Waals surface area contributed by atoms with Crippen molar-refractivity contribution >= 4 is 11.6 Å². The smallest absolute Gasteiger partial charge is 0.222 e. The van der Waals surface area contributed by atoms with E-state index in [0.717, 1.165) is 29.8 Å². The minimum Gasteiger partial charge on any atom is -0.437 e. The summed E-state index contributed by atoms with van der Waals surface area (Å²) >= 11 is 6.40. The summed E-state index contributed by atoms with van der Waals surface area (Å²) in [5, 5.41) is 16.0. The summed E-state index contributed by atoms with van der Waals surface area (Å²) in [6.45, 7) is 5.99. The Balaban J connectivity index is 1.68. The van der Waals surface area contributed by atoms with Gasteiger partial charge >= 0.3 is 0 Å². The van der Waals surface area contributed by atoms with Gasteiger partial charge in [0.15, 0.2) is 0 Å². The van der Waals surface area contributed by atoms with Crippen molar-refractivity contribution in [1.82, 2.24) is 14.7 Å². The molecule has 1 heterocycles. The van der Waals surface area contributed by atoms with Crippen LogP contribution in [-0.2, 0) is 13.6 Å². The largest absolute Gasteiger partial charge is 0.437 e. The van der Waals surface area contributed by atoms with Gasteiger partial charge in [0.05, 0.1) is 16.7 Å². The highest BCUT2D eigenvalue weighted by molar-refractivity contribution is 6.32. The van der Waals surface area contributed by atoms with Crippen LogP contribution in [-0.4, -0.2) is 39.0 Å². The Morgan fingerprint density at radius 3 is 2.64 bits per heavy atom. The van der Waals surface area contributed by atoms with Crippen molar-refractivity contribution in [1.29, 1.82) is 0 Å². The Morgan fingerprint density at radius 2 is 1.94 bits per heavy atom. The number of aromatic nitrogens is 2. The minimum absolute atomic E-state index is 0.397. The highest BCUT2D eigenvalue weighted by atomic mass is 35.5. The Morgan fingerprint density at radius 1 is 1.21 bits per heavy atom. The lowest BCUT2D eigenvalue weighted by Crippen LogP contribution is -2.33. The average Bonchev–Trinajstić information content (AvgIpc) is 3.58. The van der Waals surface area contributed by atoms with Gasteiger partial charge in [-0.3, -0.25) is 4.90 Å². The second-order valence-electron chi connectivity index (χ2n) is 8.81. The Bertz CT molecular complexity index is 1060. The third-order valence-electron chi connectivity index (χ3n) is 5.95. The van der Waals surface area contributed by atoms with Crippen LogP contribution in [0.3, 0.4) is 0 Å². The second-order valence-corrected chi connectivity index (χ2v) is 9.22. The highest BCUT2D eigenvalue weighted by Gasteiger charge is 2.28. The van der Waals surface area contributed by atoms with Crippen molar-refractivity contribution in [2.75, 3.05) is 13.1 Å². The van der Waals surface area contributed by atoms with Crippen LogP contribution in [0.2, 0.25) is 5.02 Å². The van der Waals surface area contributed by atoms with Gasteiger partial charge in [0, 0.05) is 32.2 Å². The standard InChI is InChI=1S/C27H32ClN3O2/c1-3-4-12-22(32)18-31(17-20-15-16-20)19-23-26(21-10-6-5-7-11-21)29-30(2)27(23)33-25-14-9-8-13-24(25)28/h3,5-11,13-14,20,22,32H,1,4,12,15-19H2,2H3/t22-/m0/s1. The molecule has 0 spiro atoms. The average molecular weight is 466 g/mol. The number of aliphatic hydroxyl groups excluding tert-OH is 1. The number of allylic oxidation sites excluding steroid dienone is 1. The SMILES string of the molecule is C=CCC[C@H](O)CN(Cc1c(-c2ccccc2)nn(C)c1Oc1ccccc1Cl)CC1CC1. The summed E-state index contributed by atoms with van der Waals surface area (Å²) in [5.41, 5.74) is 2.93. The maximum absolute atomic E-state index is 10.6. The maximum atomic E-state index is 10.6. The monoisotopic (exact) mass is 465 g/mol. The second kappa shape index (κ2) is 11.0. The van der Waals surface area contributed by atoms with E-state index in [1.165, 1.54) is 12.8 Å². The fourth-order valence-electron chi connectivity index (χ4n) is 4.07. The predicted octanol–water partition coefficient (Wildman–Crippen LogP) is 6.07. The summed E-state index contributed by atoms with van der Waals surface area (Å²) in [7, 11) is 1.90. The van der Waals surface area contributed by atoms with Gasteiger partial charge in [-0.2, -0.15) is 5.10 Å². The van der Waals surface area contributed by atoms with Crippen LogP contribution in [0.4, 0.5) is 0 Å². The quantitative estimate of drug-likeness (QED) is 0.330. The fraction of sp³-hybridized carbons (Fsp3) is 0.370. The molecule has 2 aromatic carbocycles. The van der Waals surface area contributed by atoms with E-state index < -0.39 is 6.10 Å². The third-order valence-corrected chi connectivity index (χ3v) is 6.26. The molecule has 0 amide bonds. The molecule has 33 heavy (non-hydrogen) atoms. The molecule has 0 unspecified atom stereocenters. The number of halogens is 1. The van der Waals surface area contributed by atoms with Crippen LogP contribution in [0.5, 0.6) is 11.6 Å². The number of nitrogens with zero attached hydrogens (tertiary/aromatic N) is 3. The first kappa shape index (κ1) is 23.6. The molecule has 4 rings (SSSR count). The molecule has 0 aliphatic heterocycles. The lowest BCUT2D eigenvalue weighted by molar-refractivity contribution is 0.0992. The number of aliphatic hydroxyl groups is 1. The van der Waals surface area contributed by atoms with Gasteiger partial charge in [0.25, 0.3) is 0 Å². The summed E-state index contributed by atoms with van der Waals surface area (Å²) < 4.78 is 8.11. The van der Waals surface area contributed by atoms with E-state index in [2.05, 4.69) is 23.6 Å². The van der Waals surface area contributed by atoms with Crippen LogP contribution >= 0.6 is 11.6 Å². The van der Waals surface area contributed by atoms with E-state index in [0.29, 0.717) is 42.1 Å². The lowest BCUT2D eigenvalue weighted by atomic mass is 10.1. The predicted molar refractivity (Wildman–Crippen MR) is 134 cm³/mol. The molecule has 1 fully saturated rings. The Hall–Kier alpha value is -2.60. The molecule has 0 radical (unpaired) electrons. The normalized spacial score (nSPS) is 14.4. The number of rotatable bonds is 12. The molecule has 1 aliphatic carbocycles.